The van der Waals surface area contributed by atoms with Crippen LogP contribution in [0.4, 0.5) is 16.2 Å². The molecule has 0 radical (unpaired) electrons. The van der Waals surface area contributed by atoms with Gasteiger partial charge in [-0.3, -0.25) is 4.68 Å². The van der Waals surface area contributed by atoms with Gasteiger partial charge in [-0.25, -0.2) is 4.79 Å². The van der Waals surface area contributed by atoms with E-state index in [1.54, 1.807) is 6.20 Å². The molecule has 1 saturated heterocycles. The largest absolute Gasteiger partial charge is 0.376 e. The third-order valence-corrected chi connectivity index (χ3v) is 4.04. The first kappa shape index (κ1) is 16.5. The molecule has 2 amide bonds. The summed E-state index contributed by atoms with van der Waals surface area (Å²) in [5, 5.41) is 9.96. The van der Waals surface area contributed by atoms with Crippen molar-refractivity contribution < 1.29 is 9.53 Å². The summed E-state index contributed by atoms with van der Waals surface area (Å²) in [5.74, 6) is 0. The SMILES string of the molecule is Cc1cc(C)cc(NC(=O)Nc2cnn(CC3CCCCO3)c2)c1. The summed E-state index contributed by atoms with van der Waals surface area (Å²) < 4.78 is 7.53. The van der Waals surface area contributed by atoms with E-state index in [1.165, 1.54) is 6.42 Å². The maximum atomic E-state index is 12.1. The van der Waals surface area contributed by atoms with Crippen LogP contribution in [-0.4, -0.2) is 28.5 Å². The van der Waals surface area contributed by atoms with Gasteiger partial charge in [0.05, 0.1) is 24.5 Å². The zero-order chi connectivity index (χ0) is 16.9. The van der Waals surface area contributed by atoms with Gasteiger partial charge in [0, 0.05) is 18.5 Å². The lowest BCUT2D eigenvalue weighted by Gasteiger charge is -2.22. The predicted octanol–water partition coefficient (Wildman–Crippen LogP) is 3.71. The van der Waals surface area contributed by atoms with Crippen LogP contribution >= 0.6 is 0 Å². The number of carbonyl (C=O) groups is 1. The van der Waals surface area contributed by atoms with E-state index in [0.29, 0.717) is 5.69 Å². The second kappa shape index (κ2) is 7.49. The van der Waals surface area contributed by atoms with Crippen molar-refractivity contribution in [2.45, 2.75) is 45.8 Å². The highest BCUT2D eigenvalue weighted by molar-refractivity contribution is 5.99. The normalized spacial score (nSPS) is 17.5. The van der Waals surface area contributed by atoms with Crippen LogP contribution in [0.3, 0.4) is 0 Å². The maximum Gasteiger partial charge on any atom is 0.323 e. The number of carbonyl (C=O) groups excluding carboxylic acids is 1. The third kappa shape index (κ3) is 4.58. The zero-order valence-electron chi connectivity index (χ0n) is 14.2. The van der Waals surface area contributed by atoms with Crippen molar-refractivity contribution in [3.63, 3.8) is 0 Å². The van der Waals surface area contributed by atoms with Crippen LogP contribution in [0.25, 0.3) is 0 Å². The Morgan fingerprint density at radius 1 is 1.21 bits per heavy atom. The summed E-state index contributed by atoms with van der Waals surface area (Å²) in [6.07, 6.45) is 7.12. The number of benzene rings is 1. The monoisotopic (exact) mass is 328 g/mol. The molecule has 0 aliphatic carbocycles. The fraction of sp³-hybridized carbons (Fsp3) is 0.444. The van der Waals surface area contributed by atoms with Gasteiger partial charge in [0.15, 0.2) is 0 Å². The number of aryl methyl sites for hydroxylation is 2. The first-order valence-corrected chi connectivity index (χ1v) is 8.39. The Morgan fingerprint density at radius 3 is 2.67 bits per heavy atom. The van der Waals surface area contributed by atoms with E-state index in [0.717, 1.165) is 42.8 Å². The standard InChI is InChI=1S/C18H24N4O2/c1-13-7-14(2)9-15(8-13)20-18(23)21-16-10-19-22(11-16)12-17-5-3-4-6-24-17/h7-11,17H,3-6,12H2,1-2H3,(H2,20,21,23). The molecule has 1 aliphatic heterocycles. The van der Waals surface area contributed by atoms with Crippen molar-refractivity contribution in [3.8, 4) is 0 Å². The van der Waals surface area contributed by atoms with E-state index in [4.69, 9.17) is 4.74 Å². The van der Waals surface area contributed by atoms with Crippen LogP contribution in [0.15, 0.2) is 30.6 Å². The van der Waals surface area contributed by atoms with E-state index in [1.807, 2.05) is 36.9 Å². The molecule has 1 fully saturated rings. The van der Waals surface area contributed by atoms with Gasteiger partial charge in [-0.2, -0.15) is 5.10 Å². The van der Waals surface area contributed by atoms with E-state index in [-0.39, 0.29) is 12.1 Å². The van der Waals surface area contributed by atoms with Gasteiger partial charge in [0.2, 0.25) is 0 Å². The van der Waals surface area contributed by atoms with Crippen LogP contribution in [0.1, 0.15) is 30.4 Å². The molecule has 0 saturated carbocycles. The van der Waals surface area contributed by atoms with Gasteiger partial charge < -0.3 is 15.4 Å². The number of aromatic nitrogens is 2. The van der Waals surface area contributed by atoms with Gasteiger partial charge in [0.25, 0.3) is 0 Å². The van der Waals surface area contributed by atoms with Gasteiger partial charge >= 0.3 is 6.03 Å². The summed E-state index contributed by atoms with van der Waals surface area (Å²) in [7, 11) is 0. The molecule has 3 rings (SSSR count). The first-order valence-electron chi connectivity index (χ1n) is 8.39. The molecule has 24 heavy (non-hydrogen) atoms. The van der Waals surface area contributed by atoms with Crippen LogP contribution in [0, 0.1) is 13.8 Å². The number of hydrogen-bond acceptors (Lipinski definition) is 3. The number of rotatable bonds is 4. The minimum absolute atomic E-state index is 0.218. The summed E-state index contributed by atoms with van der Waals surface area (Å²) >= 11 is 0. The van der Waals surface area contributed by atoms with E-state index in [9.17, 15) is 4.79 Å². The fourth-order valence-electron chi connectivity index (χ4n) is 3.03. The maximum absolute atomic E-state index is 12.1. The molecule has 1 atom stereocenters. The molecular formula is C18H24N4O2. The average molecular weight is 328 g/mol. The molecule has 0 spiro atoms. The van der Waals surface area contributed by atoms with E-state index in [2.05, 4.69) is 21.8 Å². The Balaban J connectivity index is 1.54. The van der Waals surface area contributed by atoms with E-state index >= 15 is 0 Å². The summed E-state index contributed by atoms with van der Waals surface area (Å²) in [6, 6.07) is 5.68. The molecule has 2 N–H and O–H groups in total. The number of anilines is 2. The summed E-state index contributed by atoms with van der Waals surface area (Å²) in [6.45, 7) is 5.57. The second-order valence-corrected chi connectivity index (χ2v) is 6.40. The molecular weight excluding hydrogens is 304 g/mol. The van der Waals surface area contributed by atoms with Crippen molar-refractivity contribution in [2.75, 3.05) is 17.2 Å². The molecule has 1 aromatic heterocycles. The Kier molecular flexibility index (Phi) is 5.15. The van der Waals surface area contributed by atoms with Crippen LogP contribution in [-0.2, 0) is 11.3 Å². The Bertz CT molecular complexity index is 685. The second-order valence-electron chi connectivity index (χ2n) is 6.40. The van der Waals surface area contributed by atoms with Crippen LogP contribution in [0.5, 0.6) is 0 Å². The van der Waals surface area contributed by atoms with Crippen LogP contribution < -0.4 is 10.6 Å². The number of amides is 2. The van der Waals surface area contributed by atoms with Crippen LogP contribution in [0.2, 0.25) is 0 Å². The zero-order valence-corrected chi connectivity index (χ0v) is 14.2. The highest BCUT2D eigenvalue weighted by atomic mass is 16.5. The van der Waals surface area contributed by atoms with E-state index < -0.39 is 0 Å². The molecule has 128 valence electrons. The van der Waals surface area contributed by atoms with Gasteiger partial charge in [-0.15, -0.1) is 0 Å². The average Bonchev–Trinajstić information content (AvgIpc) is 2.94. The Morgan fingerprint density at radius 2 is 1.96 bits per heavy atom. The molecule has 6 nitrogen and oxygen atoms in total. The fourth-order valence-corrected chi connectivity index (χ4v) is 3.03. The highest BCUT2D eigenvalue weighted by Gasteiger charge is 2.15. The molecule has 0 bridgehead atoms. The van der Waals surface area contributed by atoms with Crippen molar-refractivity contribution in [1.82, 2.24) is 9.78 Å². The summed E-state index contributed by atoms with van der Waals surface area (Å²) in [4.78, 5) is 12.1. The van der Waals surface area contributed by atoms with Gasteiger partial charge in [-0.1, -0.05) is 6.07 Å². The van der Waals surface area contributed by atoms with Gasteiger partial charge in [0.1, 0.15) is 0 Å². The third-order valence-electron chi connectivity index (χ3n) is 4.04. The van der Waals surface area contributed by atoms with Crippen molar-refractivity contribution in [3.05, 3.63) is 41.7 Å². The Hall–Kier alpha value is -2.34. The number of nitrogens with zero attached hydrogens (tertiary/aromatic N) is 2. The first-order chi connectivity index (χ1) is 11.6. The quantitative estimate of drug-likeness (QED) is 0.899. The molecule has 6 heteroatoms. The highest BCUT2D eigenvalue weighted by Crippen LogP contribution is 2.16. The predicted molar refractivity (Wildman–Crippen MR) is 94.4 cm³/mol. The minimum atomic E-state index is -0.270. The molecule has 1 unspecified atom stereocenters. The van der Waals surface area contributed by atoms with Gasteiger partial charge in [-0.05, 0) is 56.4 Å². The molecule has 1 aromatic carbocycles. The topological polar surface area (TPSA) is 68.2 Å². The lowest BCUT2D eigenvalue weighted by atomic mass is 10.1. The molecule has 2 heterocycles. The number of nitrogens with one attached hydrogen (secondary N) is 2. The smallest absolute Gasteiger partial charge is 0.323 e. The number of hydrogen-bond donors (Lipinski definition) is 2. The van der Waals surface area contributed by atoms with Crippen molar-refractivity contribution in [1.29, 1.82) is 0 Å². The molecule has 2 aromatic rings. The van der Waals surface area contributed by atoms with Crippen molar-refractivity contribution in [2.24, 2.45) is 0 Å². The summed E-state index contributed by atoms with van der Waals surface area (Å²) in [5.41, 5.74) is 3.69. The lowest BCUT2D eigenvalue weighted by molar-refractivity contribution is 0.00401. The minimum Gasteiger partial charge on any atom is -0.376 e. The Labute approximate surface area is 142 Å². The molecule has 1 aliphatic rings. The number of ether oxygens (including phenoxy) is 1. The number of urea groups is 1. The lowest BCUT2D eigenvalue weighted by Crippen LogP contribution is -2.24. The van der Waals surface area contributed by atoms with Crippen molar-refractivity contribution >= 4 is 17.4 Å².